The number of rotatable bonds is 4. The van der Waals surface area contributed by atoms with Crippen LogP contribution in [0.3, 0.4) is 0 Å². The number of nitrogens with one attached hydrogen (secondary N) is 1. The van der Waals surface area contributed by atoms with Crippen molar-refractivity contribution in [1.29, 1.82) is 0 Å². The lowest BCUT2D eigenvalue weighted by molar-refractivity contribution is -0.127. The van der Waals surface area contributed by atoms with Crippen molar-refractivity contribution in [3.05, 3.63) is 46.4 Å². The van der Waals surface area contributed by atoms with Gasteiger partial charge in [0.2, 0.25) is 11.5 Å². The van der Waals surface area contributed by atoms with Crippen LogP contribution in [-0.2, 0) is 4.79 Å². The number of likely N-dealkylation sites (tertiary alicyclic amines) is 1. The van der Waals surface area contributed by atoms with Crippen LogP contribution < -0.4 is 5.56 Å². The SMILES string of the molecule is CN(CCN1CCCC1=O)C(=O)c1cccc2cc(=O)[nH]cc12. The van der Waals surface area contributed by atoms with Crippen LogP contribution in [-0.4, -0.2) is 53.3 Å². The minimum atomic E-state index is -0.192. The Morgan fingerprint density at radius 3 is 2.91 bits per heavy atom. The number of aromatic amines is 1. The van der Waals surface area contributed by atoms with Crippen molar-refractivity contribution in [3.8, 4) is 0 Å². The van der Waals surface area contributed by atoms with Crippen molar-refractivity contribution in [1.82, 2.24) is 14.8 Å². The maximum Gasteiger partial charge on any atom is 0.254 e. The van der Waals surface area contributed by atoms with E-state index in [0.717, 1.165) is 23.7 Å². The first-order valence-corrected chi connectivity index (χ1v) is 7.71. The Balaban J connectivity index is 1.77. The molecular formula is C17H19N3O3. The number of hydrogen-bond donors (Lipinski definition) is 1. The van der Waals surface area contributed by atoms with Gasteiger partial charge in [0.25, 0.3) is 5.91 Å². The summed E-state index contributed by atoms with van der Waals surface area (Å²) in [6, 6.07) is 6.81. The molecule has 0 saturated carbocycles. The molecule has 23 heavy (non-hydrogen) atoms. The van der Waals surface area contributed by atoms with E-state index in [4.69, 9.17) is 0 Å². The second-order valence-corrected chi connectivity index (χ2v) is 5.82. The third-order valence-electron chi connectivity index (χ3n) is 4.24. The second kappa shape index (κ2) is 6.24. The van der Waals surface area contributed by atoms with Gasteiger partial charge in [-0.3, -0.25) is 14.4 Å². The molecule has 1 aliphatic rings. The minimum Gasteiger partial charge on any atom is -0.341 e. The Morgan fingerprint density at radius 1 is 1.35 bits per heavy atom. The van der Waals surface area contributed by atoms with Crippen molar-refractivity contribution in [3.63, 3.8) is 0 Å². The molecule has 3 rings (SSSR count). The van der Waals surface area contributed by atoms with Crippen LogP contribution in [0, 0.1) is 0 Å². The predicted molar refractivity (Wildman–Crippen MR) is 87.3 cm³/mol. The molecule has 1 aromatic heterocycles. The summed E-state index contributed by atoms with van der Waals surface area (Å²) in [6.07, 6.45) is 3.07. The van der Waals surface area contributed by atoms with E-state index in [1.165, 1.54) is 6.07 Å². The Labute approximate surface area is 133 Å². The number of nitrogens with zero attached hydrogens (tertiary/aromatic N) is 2. The highest BCUT2D eigenvalue weighted by molar-refractivity contribution is 6.06. The number of fused-ring (bicyclic) bond motifs is 1. The lowest BCUT2D eigenvalue weighted by Crippen LogP contribution is -2.37. The van der Waals surface area contributed by atoms with E-state index in [1.54, 1.807) is 35.2 Å². The highest BCUT2D eigenvalue weighted by atomic mass is 16.2. The van der Waals surface area contributed by atoms with Crippen LogP contribution in [0.5, 0.6) is 0 Å². The molecule has 2 amide bonds. The number of benzene rings is 1. The van der Waals surface area contributed by atoms with Crippen LogP contribution in [0.2, 0.25) is 0 Å². The average Bonchev–Trinajstić information content (AvgIpc) is 2.96. The number of carbonyl (C=O) groups is 2. The lowest BCUT2D eigenvalue weighted by atomic mass is 10.1. The van der Waals surface area contributed by atoms with Crippen LogP contribution in [0.25, 0.3) is 10.8 Å². The predicted octanol–water partition coefficient (Wildman–Crippen LogP) is 1.22. The molecular weight excluding hydrogens is 294 g/mol. The van der Waals surface area contributed by atoms with Crippen molar-refractivity contribution < 1.29 is 9.59 Å². The number of carbonyl (C=O) groups excluding carboxylic acids is 2. The van der Waals surface area contributed by atoms with E-state index in [9.17, 15) is 14.4 Å². The van der Waals surface area contributed by atoms with Crippen LogP contribution >= 0.6 is 0 Å². The maximum absolute atomic E-state index is 12.7. The Hall–Kier alpha value is -2.63. The number of amides is 2. The van der Waals surface area contributed by atoms with E-state index >= 15 is 0 Å². The number of H-pyrrole nitrogens is 1. The largest absolute Gasteiger partial charge is 0.341 e. The molecule has 0 unspecified atom stereocenters. The Bertz CT molecular complexity index is 812. The molecule has 6 heteroatoms. The summed E-state index contributed by atoms with van der Waals surface area (Å²) in [4.78, 5) is 41.7. The molecule has 0 spiro atoms. The highest BCUT2D eigenvalue weighted by Crippen LogP contribution is 2.18. The smallest absolute Gasteiger partial charge is 0.254 e. The zero-order valence-corrected chi connectivity index (χ0v) is 13.0. The molecule has 1 saturated heterocycles. The standard InChI is InChI=1S/C17H19N3O3/c1-19(8-9-20-7-3-6-16(20)22)17(23)13-5-2-4-12-10-15(21)18-11-14(12)13/h2,4-5,10-11H,3,6-9H2,1H3,(H,18,21). The molecule has 0 aliphatic carbocycles. The van der Waals surface area contributed by atoms with Crippen molar-refractivity contribution in [2.24, 2.45) is 0 Å². The third-order valence-corrected chi connectivity index (χ3v) is 4.24. The lowest BCUT2D eigenvalue weighted by Gasteiger charge is -2.22. The second-order valence-electron chi connectivity index (χ2n) is 5.82. The van der Waals surface area contributed by atoms with Gasteiger partial charge in [0.05, 0.1) is 0 Å². The first-order valence-electron chi connectivity index (χ1n) is 7.71. The van der Waals surface area contributed by atoms with E-state index in [1.807, 2.05) is 6.07 Å². The number of pyridine rings is 1. The Kier molecular flexibility index (Phi) is 4.14. The fraction of sp³-hybridized carbons (Fsp3) is 0.353. The van der Waals surface area contributed by atoms with Crippen LogP contribution in [0.15, 0.2) is 35.3 Å². The van der Waals surface area contributed by atoms with E-state index < -0.39 is 0 Å². The summed E-state index contributed by atoms with van der Waals surface area (Å²) >= 11 is 0. The molecule has 0 bridgehead atoms. The fourth-order valence-electron chi connectivity index (χ4n) is 2.90. The van der Waals surface area contributed by atoms with E-state index in [2.05, 4.69) is 4.98 Å². The van der Waals surface area contributed by atoms with Gasteiger partial charge in [0.1, 0.15) is 0 Å². The summed E-state index contributed by atoms with van der Waals surface area (Å²) in [6.45, 7) is 1.82. The highest BCUT2D eigenvalue weighted by Gasteiger charge is 2.21. The quantitative estimate of drug-likeness (QED) is 0.922. The molecule has 0 atom stereocenters. The van der Waals surface area contributed by atoms with Gasteiger partial charge in [-0.25, -0.2) is 0 Å². The summed E-state index contributed by atoms with van der Waals surface area (Å²) in [5.74, 6) is 0.0443. The monoisotopic (exact) mass is 313 g/mol. The molecule has 120 valence electrons. The number of aromatic nitrogens is 1. The average molecular weight is 313 g/mol. The number of hydrogen-bond acceptors (Lipinski definition) is 3. The third kappa shape index (κ3) is 3.11. The van der Waals surface area contributed by atoms with Crippen LogP contribution in [0.1, 0.15) is 23.2 Å². The van der Waals surface area contributed by atoms with Gasteiger partial charge < -0.3 is 14.8 Å². The summed E-state index contributed by atoms with van der Waals surface area (Å²) in [5, 5.41) is 1.46. The first-order chi connectivity index (χ1) is 11.1. The van der Waals surface area contributed by atoms with E-state index in [0.29, 0.717) is 25.1 Å². The molecule has 1 aliphatic heterocycles. The summed E-state index contributed by atoms with van der Waals surface area (Å²) in [5.41, 5.74) is 0.358. The minimum absolute atomic E-state index is 0.116. The van der Waals surface area contributed by atoms with Crippen molar-refractivity contribution in [2.45, 2.75) is 12.8 Å². The van der Waals surface area contributed by atoms with Gasteiger partial charge >= 0.3 is 0 Å². The normalized spacial score (nSPS) is 14.5. The first kappa shape index (κ1) is 15.3. The van der Waals surface area contributed by atoms with Crippen LogP contribution in [0.4, 0.5) is 0 Å². The van der Waals surface area contributed by atoms with Crippen molar-refractivity contribution >= 4 is 22.6 Å². The zero-order valence-electron chi connectivity index (χ0n) is 13.0. The van der Waals surface area contributed by atoms with Gasteiger partial charge in [0.15, 0.2) is 0 Å². The summed E-state index contributed by atoms with van der Waals surface area (Å²) < 4.78 is 0. The molecule has 1 aromatic carbocycles. The van der Waals surface area contributed by atoms with E-state index in [-0.39, 0.29) is 17.4 Å². The van der Waals surface area contributed by atoms with Gasteiger partial charge in [-0.15, -0.1) is 0 Å². The van der Waals surface area contributed by atoms with Gasteiger partial charge in [0, 0.05) is 56.3 Å². The number of likely N-dealkylation sites (N-methyl/N-ethyl adjacent to an activating group) is 1. The van der Waals surface area contributed by atoms with Gasteiger partial charge in [-0.2, -0.15) is 0 Å². The van der Waals surface area contributed by atoms with Crippen molar-refractivity contribution in [2.75, 3.05) is 26.7 Å². The Morgan fingerprint density at radius 2 is 2.17 bits per heavy atom. The zero-order chi connectivity index (χ0) is 16.4. The summed E-state index contributed by atoms with van der Waals surface area (Å²) in [7, 11) is 1.73. The molecule has 6 nitrogen and oxygen atoms in total. The maximum atomic E-state index is 12.7. The molecule has 0 radical (unpaired) electrons. The fourth-order valence-corrected chi connectivity index (χ4v) is 2.90. The molecule has 2 heterocycles. The molecule has 2 aromatic rings. The molecule has 1 fully saturated rings. The topological polar surface area (TPSA) is 73.5 Å². The van der Waals surface area contributed by atoms with Gasteiger partial charge in [-0.05, 0) is 17.9 Å². The van der Waals surface area contributed by atoms with Gasteiger partial charge in [-0.1, -0.05) is 12.1 Å². The molecule has 1 N–H and O–H groups in total.